The Morgan fingerprint density at radius 2 is 2.19 bits per heavy atom. The number of nitrogens with one attached hydrogen (secondary N) is 1. The van der Waals surface area contributed by atoms with Crippen LogP contribution in [0.3, 0.4) is 0 Å². The highest BCUT2D eigenvalue weighted by molar-refractivity contribution is 9.10. The molecule has 0 aromatic heterocycles. The van der Waals surface area contributed by atoms with Gasteiger partial charge >= 0.3 is 11.7 Å². The number of nitro benzene ring substituents is 1. The van der Waals surface area contributed by atoms with E-state index in [-0.39, 0.29) is 11.3 Å². The van der Waals surface area contributed by atoms with Gasteiger partial charge < -0.3 is 15.6 Å². The van der Waals surface area contributed by atoms with E-state index >= 15 is 0 Å². The molecule has 1 rings (SSSR count). The van der Waals surface area contributed by atoms with Crippen molar-refractivity contribution in [2.45, 2.75) is 13.0 Å². The van der Waals surface area contributed by atoms with E-state index in [4.69, 9.17) is 10.5 Å². The Balaban J connectivity index is 3.11. The maximum atomic E-state index is 11.3. The van der Waals surface area contributed by atoms with Gasteiger partial charge in [-0.15, -0.1) is 0 Å². The largest absolute Gasteiger partial charge is 0.476 e. The third-order valence-electron chi connectivity index (χ3n) is 2.32. The van der Waals surface area contributed by atoms with Gasteiger partial charge in [-0.05, 0) is 13.0 Å². The molecule has 0 radical (unpaired) electrons. The van der Waals surface area contributed by atoms with Crippen molar-refractivity contribution in [3.8, 4) is 5.75 Å². The Bertz CT molecular complexity index is 590. The summed E-state index contributed by atoms with van der Waals surface area (Å²) < 4.78 is 5.44. The number of hydrogen-bond donors (Lipinski definition) is 3. The van der Waals surface area contributed by atoms with Gasteiger partial charge in [0.05, 0.1) is 11.0 Å². The van der Waals surface area contributed by atoms with E-state index in [2.05, 4.69) is 15.9 Å². The summed E-state index contributed by atoms with van der Waals surface area (Å²) in [4.78, 5) is 32.1. The van der Waals surface area contributed by atoms with Crippen LogP contribution in [-0.2, 0) is 4.79 Å². The Morgan fingerprint density at radius 1 is 1.57 bits per heavy atom. The molecule has 0 saturated carbocycles. The number of amides is 3. The van der Waals surface area contributed by atoms with E-state index < -0.39 is 35.3 Å². The van der Waals surface area contributed by atoms with E-state index in [1.165, 1.54) is 19.1 Å². The van der Waals surface area contributed by atoms with E-state index in [0.29, 0.717) is 4.47 Å². The minimum Gasteiger partial charge on any atom is -0.476 e. The molecular weight excluding hydrogens is 350 g/mol. The SMILES string of the molecule is CC(O)c1cc(Br)cc([N+](=O)[O-])c1OCC(=O)NC(N)=O. The highest BCUT2D eigenvalue weighted by Crippen LogP contribution is 2.37. The first kappa shape index (κ1) is 16.9. The van der Waals surface area contributed by atoms with Gasteiger partial charge in [0, 0.05) is 16.1 Å². The zero-order valence-electron chi connectivity index (χ0n) is 10.8. The minimum absolute atomic E-state index is 0.128. The average Bonchev–Trinajstić information content (AvgIpc) is 2.35. The summed E-state index contributed by atoms with van der Waals surface area (Å²) in [6, 6.07) is 1.54. The molecule has 114 valence electrons. The number of nitro groups is 1. The molecule has 0 saturated heterocycles. The van der Waals surface area contributed by atoms with Crippen LogP contribution in [0.5, 0.6) is 5.75 Å². The number of nitrogens with two attached hydrogens (primary N) is 1. The smallest absolute Gasteiger partial charge is 0.318 e. The molecule has 3 amide bonds. The number of rotatable bonds is 5. The average molecular weight is 362 g/mol. The molecule has 0 heterocycles. The fraction of sp³-hybridized carbons (Fsp3) is 0.273. The molecule has 21 heavy (non-hydrogen) atoms. The number of aliphatic hydroxyl groups is 1. The van der Waals surface area contributed by atoms with Crippen LogP contribution in [-0.4, -0.2) is 28.6 Å². The third-order valence-corrected chi connectivity index (χ3v) is 2.78. The summed E-state index contributed by atoms with van der Waals surface area (Å²) in [5.74, 6) is -1.12. The number of primary amides is 1. The van der Waals surface area contributed by atoms with Gasteiger partial charge in [-0.2, -0.15) is 0 Å². The summed E-state index contributed by atoms with van der Waals surface area (Å²) in [5, 5.41) is 22.4. The quantitative estimate of drug-likeness (QED) is 0.526. The van der Waals surface area contributed by atoms with Crippen molar-refractivity contribution in [2.75, 3.05) is 6.61 Å². The lowest BCUT2D eigenvalue weighted by molar-refractivity contribution is -0.386. The second kappa shape index (κ2) is 6.99. The highest BCUT2D eigenvalue weighted by atomic mass is 79.9. The number of aliphatic hydroxyl groups excluding tert-OH is 1. The molecule has 0 bridgehead atoms. The van der Waals surface area contributed by atoms with Crippen molar-refractivity contribution >= 4 is 33.6 Å². The van der Waals surface area contributed by atoms with Crippen LogP contribution in [0.4, 0.5) is 10.5 Å². The van der Waals surface area contributed by atoms with Gasteiger partial charge in [-0.25, -0.2) is 4.79 Å². The maximum absolute atomic E-state index is 11.3. The Hall–Kier alpha value is -2.20. The molecule has 4 N–H and O–H groups in total. The summed E-state index contributed by atoms with van der Waals surface area (Å²) in [7, 11) is 0. The number of imide groups is 1. The number of ether oxygens (including phenoxy) is 1. The molecule has 1 aromatic carbocycles. The number of carbonyl (C=O) groups excluding carboxylic acids is 2. The Kier molecular flexibility index (Phi) is 5.61. The normalized spacial score (nSPS) is 11.6. The van der Waals surface area contributed by atoms with Crippen molar-refractivity contribution in [3.05, 3.63) is 32.3 Å². The van der Waals surface area contributed by atoms with Crippen molar-refractivity contribution in [2.24, 2.45) is 5.73 Å². The number of urea groups is 1. The van der Waals surface area contributed by atoms with E-state index in [1.807, 2.05) is 0 Å². The fourth-order valence-corrected chi connectivity index (χ4v) is 1.98. The number of halogens is 1. The lowest BCUT2D eigenvalue weighted by Crippen LogP contribution is -2.38. The molecule has 1 unspecified atom stereocenters. The van der Waals surface area contributed by atoms with E-state index in [9.17, 15) is 24.8 Å². The highest BCUT2D eigenvalue weighted by Gasteiger charge is 2.24. The molecule has 0 aliphatic rings. The number of carbonyl (C=O) groups is 2. The van der Waals surface area contributed by atoms with Gasteiger partial charge in [-0.1, -0.05) is 15.9 Å². The molecular formula is C11H12BrN3O6. The predicted octanol–water partition coefficient (Wildman–Crippen LogP) is 0.984. The van der Waals surface area contributed by atoms with E-state index in [0.717, 1.165) is 0 Å². The first-order valence-corrected chi connectivity index (χ1v) is 6.39. The Labute approximate surface area is 127 Å². The van der Waals surface area contributed by atoms with Crippen molar-refractivity contribution in [3.63, 3.8) is 0 Å². The molecule has 1 atom stereocenters. The van der Waals surface area contributed by atoms with Crippen molar-refractivity contribution < 1.29 is 24.4 Å². The molecule has 0 aliphatic carbocycles. The first-order valence-electron chi connectivity index (χ1n) is 5.60. The molecule has 0 spiro atoms. The number of hydrogen-bond acceptors (Lipinski definition) is 6. The van der Waals surface area contributed by atoms with Crippen LogP contribution < -0.4 is 15.8 Å². The zero-order chi connectivity index (χ0) is 16.2. The first-order chi connectivity index (χ1) is 9.72. The third kappa shape index (κ3) is 4.68. The molecule has 0 fully saturated rings. The fourth-order valence-electron chi connectivity index (χ4n) is 1.51. The maximum Gasteiger partial charge on any atom is 0.318 e. The second-order valence-corrected chi connectivity index (χ2v) is 4.89. The van der Waals surface area contributed by atoms with Gasteiger partial charge in [0.15, 0.2) is 6.61 Å². The molecule has 10 heteroatoms. The van der Waals surface area contributed by atoms with Crippen LogP contribution in [0.15, 0.2) is 16.6 Å². The monoisotopic (exact) mass is 361 g/mol. The van der Waals surface area contributed by atoms with Crippen LogP contribution in [0, 0.1) is 10.1 Å². The number of benzene rings is 1. The van der Waals surface area contributed by atoms with Gasteiger partial charge in [-0.3, -0.25) is 20.2 Å². The molecule has 9 nitrogen and oxygen atoms in total. The second-order valence-electron chi connectivity index (χ2n) is 3.98. The van der Waals surface area contributed by atoms with Gasteiger partial charge in [0.2, 0.25) is 5.75 Å². The van der Waals surface area contributed by atoms with Crippen LogP contribution in [0.1, 0.15) is 18.6 Å². The van der Waals surface area contributed by atoms with E-state index in [1.54, 1.807) is 5.32 Å². The predicted molar refractivity (Wildman–Crippen MR) is 74.7 cm³/mol. The van der Waals surface area contributed by atoms with Crippen LogP contribution in [0.2, 0.25) is 0 Å². The lowest BCUT2D eigenvalue weighted by Gasteiger charge is -2.13. The van der Waals surface area contributed by atoms with Crippen molar-refractivity contribution in [1.82, 2.24) is 5.32 Å². The lowest BCUT2D eigenvalue weighted by atomic mass is 10.1. The Morgan fingerprint density at radius 3 is 2.67 bits per heavy atom. The van der Waals surface area contributed by atoms with Crippen molar-refractivity contribution in [1.29, 1.82) is 0 Å². The number of nitrogens with zero attached hydrogens (tertiary/aromatic N) is 1. The molecule has 0 aliphatic heterocycles. The van der Waals surface area contributed by atoms with Gasteiger partial charge in [0.25, 0.3) is 5.91 Å². The standard InChI is InChI=1S/C11H12BrN3O6/c1-5(16)7-2-6(12)3-8(15(19)20)10(7)21-4-9(17)14-11(13)18/h2-3,5,16H,4H2,1H3,(H3,13,14,17,18). The summed E-state index contributed by atoms with van der Waals surface area (Å²) in [5.41, 5.74) is 4.46. The van der Waals surface area contributed by atoms with Gasteiger partial charge in [0.1, 0.15) is 0 Å². The topological polar surface area (TPSA) is 145 Å². The molecule has 1 aromatic rings. The summed E-state index contributed by atoms with van der Waals surface area (Å²) in [6.45, 7) is 0.729. The zero-order valence-corrected chi connectivity index (χ0v) is 12.4. The minimum atomic E-state index is -1.07. The van der Waals surface area contributed by atoms with Crippen LogP contribution in [0.25, 0.3) is 0 Å². The summed E-state index contributed by atoms with van der Waals surface area (Å²) >= 11 is 3.08. The van der Waals surface area contributed by atoms with Crippen LogP contribution >= 0.6 is 15.9 Å². The summed E-state index contributed by atoms with van der Waals surface area (Å²) in [6.07, 6.45) is -1.06.